The van der Waals surface area contributed by atoms with Crippen LogP contribution in [0.1, 0.15) is 42.1 Å². The molecule has 6 heteroatoms. The largest absolute Gasteiger partial charge is 0.390 e. The van der Waals surface area contributed by atoms with Gasteiger partial charge in [-0.3, -0.25) is 9.89 Å². The van der Waals surface area contributed by atoms with Gasteiger partial charge in [0.2, 0.25) is 0 Å². The molecule has 25 heavy (non-hydrogen) atoms. The lowest BCUT2D eigenvalue weighted by Crippen LogP contribution is -2.53. The van der Waals surface area contributed by atoms with Crippen molar-refractivity contribution in [2.45, 2.75) is 44.8 Å². The van der Waals surface area contributed by atoms with Gasteiger partial charge < -0.3 is 14.7 Å². The van der Waals surface area contributed by atoms with Gasteiger partial charge in [0.15, 0.2) is 0 Å². The minimum atomic E-state index is -0.790. The standard InChI is InChI=1S/C19H25N3O3/c1-12-8-13-10-20-21-17(13)14(9-12)18(23)22-6-3-4-16(22)15-11-25-7-5-19(15,2)24/h8-10,15-16,24H,3-7,11H2,1-2H3,(H,20,21)/t15-,16-,19-/m1/s1. The van der Waals surface area contributed by atoms with Crippen LogP contribution < -0.4 is 0 Å². The predicted octanol–water partition coefficient (Wildman–Crippen LogP) is 2.26. The highest BCUT2D eigenvalue weighted by Crippen LogP contribution is 2.37. The van der Waals surface area contributed by atoms with Gasteiger partial charge >= 0.3 is 0 Å². The van der Waals surface area contributed by atoms with Gasteiger partial charge in [-0.25, -0.2) is 0 Å². The SMILES string of the molecule is Cc1cc(C(=O)N2CCC[C@@H]2[C@H]2COCC[C@@]2(C)O)c2[nH]ncc2c1. The number of amides is 1. The Hall–Kier alpha value is -1.92. The minimum Gasteiger partial charge on any atom is -0.390 e. The Morgan fingerprint density at radius 1 is 1.48 bits per heavy atom. The number of carbonyl (C=O) groups excluding carboxylic acids is 1. The number of aromatic nitrogens is 2. The first-order valence-corrected chi connectivity index (χ1v) is 9.02. The zero-order valence-electron chi connectivity index (χ0n) is 14.8. The molecule has 2 saturated heterocycles. The molecular formula is C19H25N3O3. The van der Waals surface area contributed by atoms with Crippen LogP contribution in [-0.4, -0.2) is 57.5 Å². The molecule has 1 aromatic carbocycles. The monoisotopic (exact) mass is 343 g/mol. The van der Waals surface area contributed by atoms with E-state index in [0.717, 1.165) is 35.9 Å². The summed E-state index contributed by atoms with van der Waals surface area (Å²) in [5, 5.41) is 18.8. The third kappa shape index (κ3) is 2.83. The van der Waals surface area contributed by atoms with E-state index < -0.39 is 5.60 Å². The molecule has 3 heterocycles. The maximum Gasteiger partial charge on any atom is 0.256 e. The van der Waals surface area contributed by atoms with E-state index in [9.17, 15) is 9.90 Å². The van der Waals surface area contributed by atoms with Gasteiger partial charge in [0.25, 0.3) is 5.91 Å². The lowest BCUT2D eigenvalue weighted by molar-refractivity contribution is -0.119. The van der Waals surface area contributed by atoms with E-state index in [1.807, 2.05) is 30.9 Å². The topological polar surface area (TPSA) is 78.5 Å². The fourth-order valence-corrected chi connectivity index (χ4v) is 4.37. The smallest absolute Gasteiger partial charge is 0.256 e. The van der Waals surface area contributed by atoms with Crippen LogP contribution in [0.4, 0.5) is 0 Å². The van der Waals surface area contributed by atoms with Crippen LogP contribution in [0, 0.1) is 12.8 Å². The average Bonchev–Trinajstić information content (AvgIpc) is 3.21. The van der Waals surface area contributed by atoms with Crippen molar-refractivity contribution >= 4 is 16.8 Å². The van der Waals surface area contributed by atoms with Crippen molar-refractivity contribution in [2.24, 2.45) is 5.92 Å². The number of carbonyl (C=O) groups is 1. The van der Waals surface area contributed by atoms with Crippen LogP contribution in [-0.2, 0) is 4.74 Å². The van der Waals surface area contributed by atoms with Gasteiger partial charge in [-0.2, -0.15) is 5.10 Å². The maximum atomic E-state index is 13.3. The number of rotatable bonds is 2. The number of nitrogens with zero attached hydrogens (tertiary/aromatic N) is 2. The number of likely N-dealkylation sites (tertiary alicyclic amines) is 1. The van der Waals surface area contributed by atoms with Crippen LogP contribution >= 0.6 is 0 Å². The summed E-state index contributed by atoms with van der Waals surface area (Å²) in [4.78, 5) is 15.3. The molecule has 2 N–H and O–H groups in total. The highest BCUT2D eigenvalue weighted by molar-refractivity contribution is 6.06. The molecule has 1 aromatic heterocycles. The maximum absolute atomic E-state index is 13.3. The van der Waals surface area contributed by atoms with Crippen molar-refractivity contribution in [1.29, 1.82) is 0 Å². The molecule has 2 aliphatic heterocycles. The van der Waals surface area contributed by atoms with Gasteiger partial charge in [0.05, 0.1) is 29.5 Å². The fraction of sp³-hybridized carbons (Fsp3) is 0.579. The predicted molar refractivity (Wildman–Crippen MR) is 94.4 cm³/mol. The highest BCUT2D eigenvalue weighted by Gasteiger charge is 2.45. The highest BCUT2D eigenvalue weighted by atomic mass is 16.5. The van der Waals surface area contributed by atoms with E-state index in [1.165, 1.54) is 0 Å². The molecule has 1 amide bonds. The molecule has 0 aliphatic carbocycles. The molecule has 0 unspecified atom stereocenters. The van der Waals surface area contributed by atoms with E-state index in [4.69, 9.17) is 4.74 Å². The fourth-order valence-electron chi connectivity index (χ4n) is 4.37. The number of benzene rings is 1. The molecule has 0 bridgehead atoms. The first-order valence-electron chi connectivity index (χ1n) is 9.02. The van der Waals surface area contributed by atoms with E-state index >= 15 is 0 Å². The summed E-state index contributed by atoms with van der Waals surface area (Å²) in [5.41, 5.74) is 1.70. The van der Waals surface area contributed by atoms with Gasteiger partial charge in [-0.15, -0.1) is 0 Å². The second-order valence-electron chi connectivity index (χ2n) is 7.64. The molecule has 134 valence electrons. The molecule has 2 aliphatic rings. The van der Waals surface area contributed by atoms with Crippen molar-refractivity contribution in [3.63, 3.8) is 0 Å². The summed E-state index contributed by atoms with van der Waals surface area (Å²) in [5.74, 6) is -0.0309. The summed E-state index contributed by atoms with van der Waals surface area (Å²) in [6.45, 7) is 5.68. The van der Waals surface area contributed by atoms with Gasteiger partial charge in [0, 0.05) is 30.5 Å². The number of aryl methyl sites for hydroxylation is 1. The quantitative estimate of drug-likeness (QED) is 0.877. The second kappa shape index (κ2) is 6.11. The minimum absolute atomic E-state index is 0.0151. The lowest BCUT2D eigenvalue weighted by atomic mass is 9.79. The Labute approximate surface area is 147 Å². The van der Waals surface area contributed by atoms with Crippen LogP contribution in [0.5, 0.6) is 0 Å². The van der Waals surface area contributed by atoms with Crippen molar-refractivity contribution in [1.82, 2.24) is 15.1 Å². The molecule has 6 nitrogen and oxygen atoms in total. The molecule has 2 aromatic rings. The number of hydrogen-bond donors (Lipinski definition) is 2. The molecule has 2 fully saturated rings. The number of ether oxygens (including phenoxy) is 1. The Bertz CT molecular complexity index is 798. The zero-order valence-corrected chi connectivity index (χ0v) is 14.8. The summed E-state index contributed by atoms with van der Waals surface area (Å²) in [7, 11) is 0. The Kier molecular flexibility index (Phi) is 4.04. The van der Waals surface area contributed by atoms with Crippen LogP contribution in [0.15, 0.2) is 18.3 Å². The third-order valence-corrected chi connectivity index (χ3v) is 5.80. The first-order chi connectivity index (χ1) is 12.0. The molecular weight excluding hydrogens is 318 g/mol. The van der Waals surface area contributed by atoms with E-state index in [2.05, 4.69) is 10.2 Å². The van der Waals surface area contributed by atoms with Crippen molar-refractivity contribution in [2.75, 3.05) is 19.8 Å². The first kappa shape index (κ1) is 16.5. The Morgan fingerprint density at radius 3 is 3.12 bits per heavy atom. The summed E-state index contributed by atoms with van der Waals surface area (Å²) >= 11 is 0. The number of nitrogens with one attached hydrogen (secondary N) is 1. The van der Waals surface area contributed by atoms with Crippen molar-refractivity contribution in [3.05, 3.63) is 29.5 Å². The number of aliphatic hydroxyl groups is 1. The second-order valence-corrected chi connectivity index (χ2v) is 7.64. The molecule has 4 rings (SSSR count). The van der Waals surface area contributed by atoms with Crippen LogP contribution in [0.2, 0.25) is 0 Å². The summed E-state index contributed by atoms with van der Waals surface area (Å²) < 4.78 is 5.63. The summed E-state index contributed by atoms with van der Waals surface area (Å²) in [6, 6.07) is 3.96. The Balaban J connectivity index is 1.68. The molecule has 0 radical (unpaired) electrons. The molecule has 0 spiro atoms. The van der Waals surface area contributed by atoms with Gasteiger partial charge in [-0.1, -0.05) is 0 Å². The van der Waals surface area contributed by atoms with Gasteiger partial charge in [-0.05, 0) is 50.8 Å². The third-order valence-electron chi connectivity index (χ3n) is 5.80. The number of aromatic amines is 1. The van der Waals surface area contributed by atoms with E-state index in [1.54, 1.807) is 6.20 Å². The van der Waals surface area contributed by atoms with E-state index in [-0.39, 0.29) is 17.9 Å². The Morgan fingerprint density at radius 2 is 2.32 bits per heavy atom. The van der Waals surface area contributed by atoms with Crippen molar-refractivity contribution < 1.29 is 14.6 Å². The van der Waals surface area contributed by atoms with E-state index in [0.29, 0.717) is 25.2 Å². The normalized spacial score (nSPS) is 30.1. The summed E-state index contributed by atoms with van der Waals surface area (Å²) in [6.07, 6.45) is 4.24. The van der Waals surface area contributed by atoms with Gasteiger partial charge in [0.1, 0.15) is 0 Å². The molecule has 0 saturated carbocycles. The van der Waals surface area contributed by atoms with Crippen LogP contribution in [0.25, 0.3) is 10.9 Å². The lowest BCUT2D eigenvalue weighted by Gasteiger charge is -2.43. The van der Waals surface area contributed by atoms with Crippen LogP contribution in [0.3, 0.4) is 0 Å². The van der Waals surface area contributed by atoms with Crippen molar-refractivity contribution in [3.8, 4) is 0 Å². The number of hydrogen-bond acceptors (Lipinski definition) is 4. The number of fused-ring (bicyclic) bond motifs is 1. The zero-order chi connectivity index (χ0) is 17.6. The average molecular weight is 343 g/mol. The number of H-pyrrole nitrogens is 1. The molecule has 3 atom stereocenters.